The van der Waals surface area contributed by atoms with Crippen molar-refractivity contribution in [2.45, 2.75) is 0 Å². The minimum Gasteiger partial charge on any atom is -0.303 e. The zero-order chi connectivity index (χ0) is 5.82. The average Bonchev–Trinajstić information content (AvgIpc) is 2.51. The van der Waals surface area contributed by atoms with Gasteiger partial charge >= 0.3 is 0 Å². The second kappa shape index (κ2) is 2.20. The van der Waals surface area contributed by atoms with Gasteiger partial charge < -0.3 is 5.84 Å². The molecule has 0 aromatic heterocycles. The lowest BCUT2D eigenvalue weighted by Gasteiger charge is -1.78. The minimum absolute atomic E-state index is 0.962. The van der Waals surface area contributed by atoms with Crippen molar-refractivity contribution in [3.8, 4) is 0 Å². The van der Waals surface area contributed by atoms with Crippen molar-refractivity contribution < 1.29 is 0 Å². The fourth-order valence-electron chi connectivity index (χ4n) is 0.232. The molecule has 0 aromatic carbocycles. The molecular formula is C2H6N6. The van der Waals surface area contributed by atoms with Gasteiger partial charge in [0.25, 0.3) is 0 Å². The SMILES string of the molecule is N/N=N/N=N/N1CC1. The second-order valence-electron chi connectivity index (χ2n) is 1.34. The van der Waals surface area contributed by atoms with Crippen LogP contribution < -0.4 is 5.84 Å². The van der Waals surface area contributed by atoms with Gasteiger partial charge in [0.1, 0.15) is 0 Å². The fraction of sp³-hybridized carbons (Fsp3) is 1.00. The summed E-state index contributed by atoms with van der Waals surface area (Å²) in [5.74, 6) is 4.62. The molecule has 1 aliphatic rings. The Balaban J connectivity index is 2.13. The van der Waals surface area contributed by atoms with E-state index in [0.29, 0.717) is 0 Å². The Morgan fingerprint density at radius 3 is 2.50 bits per heavy atom. The number of hydrogen-bond donors (Lipinski definition) is 1. The summed E-state index contributed by atoms with van der Waals surface area (Å²) < 4.78 is 0. The smallest absolute Gasteiger partial charge is 0.0571 e. The third kappa shape index (κ3) is 1.50. The van der Waals surface area contributed by atoms with E-state index in [1.807, 2.05) is 0 Å². The summed E-state index contributed by atoms with van der Waals surface area (Å²) in [6, 6.07) is 0. The summed E-state index contributed by atoms with van der Waals surface area (Å²) in [6.07, 6.45) is 0. The van der Waals surface area contributed by atoms with Crippen LogP contribution in [0.2, 0.25) is 0 Å². The molecule has 0 unspecified atom stereocenters. The maximum Gasteiger partial charge on any atom is 0.0571 e. The van der Waals surface area contributed by atoms with E-state index in [4.69, 9.17) is 0 Å². The normalized spacial score (nSPS) is 18.8. The highest BCUT2D eigenvalue weighted by Gasteiger charge is 2.13. The van der Waals surface area contributed by atoms with Gasteiger partial charge in [-0.1, -0.05) is 5.22 Å². The Bertz CT molecular complexity index is 112. The van der Waals surface area contributed by atoms with Gasteiger partial charge in [-0.25, -0.2) is 0 Å². The van der Waals surface area contributed by atoms with Gasteiger partial charge in [-0.15, -0.1) is 0 Å². The highest BCUT2D eigenvalue weighted by atomic mass is 15.7. The Labute approximate surface area is 46.0 Å². The Morgan fingerprint density at radius 2 is 2.00 bits per heavy atom. The monoisotopic (exact) mass is 114 g/mol. The zero-order valence-corrected chi connectivity index (χ0v) is 4.23. The first-order chi connectivity index (χ1) is 3.93. The van der Waals surface area contributed by atoms with E-state index in [-0.39, 0.29) is 0 Å². The molecule has 1 saturated heterocycles. The lowest BCUT2D eigenvalue weighted by molar-refractivity contribution is 0.541. The molecule has 2 N–H and O–H groups in total. The predicted octanol–water partition coefficient (Wildman–Crippen LogP) is -0.0899. The van der Waals surface area contributed by atoms with E-state index < -0.39 is 0 Å². The van der Waals surface area contributed by atoms with Crippen LogP contribution >= 0.6 is 0 Å². The first kappa shape index (κ1) is 4.95. The van der Waals surface area contributed by atoms with E-state index in [1.165, 1.54) is 0 Å². The summed E-state index contributed by atoms with van der Waals surface area (Å²) in [4.78, 5) is 0. The summed E-state index contributed by atoms with van der Waals surface area (Å²) in [6.45, 7) is 1.92. The third-order valence-electron chi connectivity index (χ3n) is 0.682. The van der Waals surface area contributed by atoms with Gasteiger partial charge in [0, 0.05) is 0 Å². The van der Waals surface area contributed by atoms with E-state index in [0.717, 1.165) is 13.1 Å². The van der Waals surface area contributed by atoms with Crippen LogP contribution in [-0.2, 0) is 0 Å². The molecule has 0 amide bonds. The summed E-state index contributed by atoms with van der Waals surface area (Å²) >= 11 is 0. The average molecular weight is 114 g/mol. The number of nitrogens with zero attached hydrogens (tertiary/aromatic N) is 5. The van der Waals surface area contributed by atoms with Gasteiger partial charge in [-0.2, -0.15) is 0 Å². The first-order valence-corrected chi connectivity index (χ1v) is 2.19. The topological polar surface area (TPSA) is 78.5 Å². The molecule has 0 spiro atoms. The maximum atomic E-state index is 4.62. The molecule has 0 radical (unpaired) electrons. The van der Waals surface area contributed by atoms with E-state index in [1.54, 1.807) is 5.01 Å². The highest BCUT2D eigenvalue weighted by molar-refractivity contribution is 4.64. The Hall–Kier alpha value is -1.20. The molecule has 1 fully saturated rings. The van der Waals surface area contributed by atoms with Crippen molar-refractivity contribution in [3.63, 3.8) is 0 Å². The largest absolute Gasteiger partial charge is 0.303 e. The van der Waals surface area contributed by atoms with Gasteiger partial charge in [0.15, 0.2) is 0 Å². The van der Waals surface area contributed by atoms with E-state index >= 15 is 0 Å². The van der Waals surface area contributed by atoms with Crippen LogP contribution in [0.5, 0.6) is 0 Å². The molecule has 8 heavy (non-hydrogen) atoms. The fourth-order valence-corrected chi connectivity index (χ4v) is 0.232. The van der Waals surface area contributed by atoms with Crippen molar-refractivity contribution in [2.24, 2.45) is 26.7 Å². The molecule has 6 nitrogen and oxygen atoms in total. The molecule has 0 aromatic rings. The van der Waals surface area contributed by atoms with Gasteiger partial charge in [0.05, 0.1) is 13.1 Å². The van der Waals surface area contributed by atoms with Crippen LogP contribution in [0.1, 0.15) is 0 Å². The molecule has 1 heterocycles. The number of rotatable bonds is 2. The van der Waals surface area contributed by atoms with Crippen molar-refractivity contribution in [2.75, 3.05) is 13.1 Å². The second-order valence-corrected chi connectivity index (χ2v) is 1.34. The molecule has 0 aliphatic carbocycles. The number of nitrogens with two attached hydrogens (primary N) is 1. The van der Waals surface area contributed by atoms with Gasteiger partial charge in [0.2, 0.25) is 0 Å². The van der Waals surface area contributed by atoms with E-state index in [9.17, 15) is 0 Å². The van der Waals surface area contributed by atoms with Crippen LogP contribution in [0.4, 0.5) is 0 Å². The third-order valence-corrected chi connectivity index (χ3v) is 0.682. The zero-order valence-electron chi connectivity index (χ0n) is 4.23. The molecule has 44 valence electrons. The molecular weight excluding hydrogens is 108 g/mol. The molecule has 1 rings (SSSR count). The van der Waals surface area contributed by atoms with Crippen molar-refractivity contribution in [3.05, 3.63) is 0 Å². The van der Waals surface area contributed by atoms with Crippen LogP contribution in [0.25, 0.3) is 0 Å². The van der Waals surface area contributed by atoms with Crippen molar-refractivity contribution in [1.82, 2.24) is 5.01 Å². The molecule has 1 aliphatic heterocycles. The number of hydrogen-bond acceptors (Lipinski definition) is 2. The summed E-state index contributed by atoms with van der Waals surface area (Å²) in [5, 5.41) is 14.5. The molecule has 0 bridgehead atoms. The Morgan fingerprint density at radius 1 is 1.25 bits per heavy atom. The maximum absolute atomic E-state index is 4.62. The molecule has 0 atom stereocenters. The lowest BCUT2D eigenvalue weighted by atomic mass is 11.0. The Kier molecular flexibility index (Phi) is 1.36. The lowest BCUT2D eigenvalue weighted by Crippen LogP contribution is -1.77. The van der Waals surface area contributed by atoms with Gasteiger partial charge in [-0.05, 0) is 15.7 Å². The van der Waals surface area contributed by atoms with E-state index in [2.05, 4.69) is 26.7 Å². The minimum atomic E-state index is 0.962. The highest BCUT2D eigenvalue weighted by Crippen LogP contribution is 2.02. The quantitative estimate of drug-likeness (QED) is 0.235. The van der Waals surface area contributed by atoms with Crippen LogP contribution in [0.3, 0.4) is 0 Å². The van der Waals surface area contributed by atoms with Crippen molar-refractivity contribution in [1.29, 1.82) is 0 Å². The summed E-state index contributed by atoms with van der Waals surface area (Å²) in [5.41, 5.74) is 0. The summed E-state index contributed by atoms with van der Waals surface area (Å²) in [7, 11) is 0. The van der Waals surface area contributed by atoms with Crippen LogP contribution in [0, 0.1) is 0 Å². The van der Waals surface area contributed by atoms with Crippen LogP contribution in [0.15, 0.2) is 20.9 Å². The predicted molar refractivity (Wildman–Crippen MR) is 25.5 cm³/mol. The van der Waals surface area contributed by atoms with Gasteiger partial charge in [-0.3, -0.25) is 5.01 Å². The molecule has 0 saturated carbocycles. The van der Waals surface area contributed by atoms with Crippen LogP contribution in [-0.4, -0.2) is 18.1 Å². The standard InChI is InChI=1S/C2H6N6/c3-4-5-6-7-8-1-2-8/h1-2H2,(H2,3,5,7). The van der Waals surface area contributed by atoms with Crippen molar-refractivity contribution >= 4 is 0 Å². The molecule has 6 heteroatoms. The first-order valence-electron chi connectivity index (χ1n) is 2.19.